The fourth-order valence-corrected chi connectivity index (χ4v) is 1.99. The first kappa shape index (κ1) is 11.8. The number of nitrogen functional groups attached to an aromatic ring is 1. The first-order valence-corrected chi connectivity index (χ1v) is 5.93. The third-order valence-electron chi connectivity index (χ3n) is 2.10. The van der Waals surface area contributed by atoms with Crippen molar-refractivity contribution in [1.82, 2.24) is 10.2 Å². The lowest BCUT2D eigenvalue weighted by atomic mass is 10.2. The molecule has 1 aromatic heterocycles. The molecule has 0 bridgehead atoms. The number of para-hydroxylation sites is 1. The van der Waals surface area contributed by atoms with Crippen LogP contribution in [-0.4, -0.2) is 30.5 Å². The van der Waals surface area contributed by atoms with Crippen molar-refractivity contribution < 1.29 is 9.47 Å². The van der Waals surface area contributed by atoms with Gasteiger partial charge < -0.3 is 15.2 Å². The molecule has 2 aromatic rings. The number of anilines is 1. The van der Waals surface area contributed by atoms with E-state index in [2.05, 4.69) is 10.2 Å². The van der Waals surface area contributed by atoms with E-state index < -0.39 is 0 Å². The highest BCUT2D eigenvalue weighted by Gasteiger charge is 2.10. The standard InChI is InChI=1S/C11H13N3O2S/c1-15-6-7-16-9-5-3-2-4-8(9)10-13-14-11(12)17-10/h2-5H,6-7H2,1H3,(H2,12,14). The molecule has 6 heteroatoms. The monoisotopic (exact) mass is 251 g/mol. The summed E-state index contributed by atoms with van der Waals surface area (Å²) >= 11 is 1.34. The number of benzene rings is 1. The van der Waals surface area contributed by atoms with E-state index in [9.17, 15) is 0 Å². The van der Waals surface area contributed by atoms with Crippen LogP contribution in [-0.2, 0) is 4.74 Å². The molecule has 17 heavy (non-hydrogen) atoms. The summed E-state index contributed by atoms with van der Waals surface area (Å²) < 4.78 is 10.6. The van der Waals surface area contributed by atoms with Crippen molar-refractivity contribution in [3.8, 4) is 16.3 Å². The second-order valence-corrected chi connectivity index (χ2v) is 4.29. The van der Waals surface area contributed by atoms with Crippen LogP contribution in [0.4, 0.5) is 5.13 Å². The minimum atomic E-state index is 0.451. The lowest BCUT2D eigenvalue weighted by Gasteiger charge is -2.08. The lowest BCUT2D eigenvalue weighted by molar-refractivity contribution is 0.146. The van der Waals surface area contributed by atoms with Gasteiger partial charge in [0, 0.05) is 7.11 Å². The Balaban J connectivity index is 2.21. The average molecular weight is 251 g/mol. The fourth-order valence-electron chi connectivity index (χ4n) is 1.35. The van der Waals surface area contributed by atoms with Crippen LogP contribution >= 0.6 is 11.3 Å². The van der Waals surface area contributed by atoms with E-state index in [1.807, 2.05) is 24.3 Å². The number of nitrogens with two attached hydrogens (primary N) is 1. The number of aromatic nitrogens is 2. The van der Waals surface area contributed by atoms with Crippen LogP contribution in [0.1, 0.15) is 0 Å². The van der Waals surface area contributed by atoms with Crippen molar-refractivity contribution in [2.75, 3.05) is 26.1 Å². The summed E-state index contributed by atoms with van der Waals surface area (Å²) in [7, 11) is 1.64. The first-order valence-electron chi connectivity index (χ1n) is 5.11. The first-order chi connectivity index (χ1) is 8.31. The Morgan fingerprint density at radius 2 is 2.06 bits per heavy atom. The molecule has 0 fully saturated rings. The Hall–Kier alpha value is -1.66. The van der Waals surface area contributed by atoms with Gasteiger partial charge in [0.15, 0.2) is 5.01 Å². The van der Waals surface area contributed by atoms with Crippen LogP contribution in [0, 0.1) is 0 Å². The van der Waals surface area contributed by atoms with Crippen LogP contribution in [0.3, 0.4) is 0 Å². The van der Waals surface area contributed by atoms with E-state index >= 15 is 0 Å². The van der Waals surface area contributed by atoms with E-state index in [-0.39, 0.29) is 0 Å². The molecule has 2 N–H and O–H groups in total. The van der Waals surface area contributed by atoms with Gasteiger partial charge in [0.1, 0.15) is 12.4 Å². The summed E-state index contributed by atoms with van der Waals surface area (Å²) in [5, 5.41) is 9.01. The second-order valence-electron chi connectivity index (χ2n) is 3.28. The zero-order chi connectivity index (χ0) is 12.1. The van der Waals surface area contributed by atoms with E-state index in [1.165, 1.54) is 11.3 Å². The van der Waals surface area contributed by atoms with E-state index in [0.717, 1.165) is 16.3 Å². The third-order valence-corrected chi connectivity index (χ3v) is 2.89. The second kappa shape index (κ2) is 5.60. The van der Waals surface area contributed by atoms with Crippen LogP contribution in [0.5, 0.6) is 5.75 Å². The highest BCUT2D eigenvalue weighted by atomic mass is 32.1. The normalized spacial score (nSPS) is 10.4. The number of ether oxygens (including phenoxy) is 2. The Morgan fingerprint density at radius 3 is 2.76 bits per heavy atom. The van der Waals surface area contributed by atoms with Crippen molar-refractivity contribution in [3.63, 3.8) is 0 Å². The zero-order valence-electron chi connectivity index (χ0n) is 9.42. The Labute approximate surface area is 103 Å². The number of methoxy groups -OCH3 is 1. The molecule has 0 atom stereocenters. The molecule has 0 amide bonds. The summed E-state index contributed by atoms with van der Waals surface area (Å²) in [6, 6.07) is 7.66. The average Bonchev–Trinajstić information content (AvgIpc) is 2.77. The fraction of sp³-hybridized carbons (Fsp3) is 0.273. The highest BCUT2D eigenvalue weighted by Crippen LogP contribution is 2.32. The minimum Gasteiger partial charge on any atom is -0.490 e. The van der Waals surface area contributed by atoms with Gasteiger partial charge in [-0.2, -0.15) is 0 Å². The molecule has 0 aliphatic heterocycles. The van der Waals surface area contributed by atoms with Gasteiger partial charge in [-0.05, 0) is 12.1 Å². The summed E-state index contributed by atoms with van der Waals surface area (Å²) in [5.41, 5.74) is 6.47. The van der Waals surface area contributed by atoms with E-state index in [1.54, 1.807) is 7.11 Å². The Kier molecular flexibility index (Phi) is 3.89. The molecule has 0 saturated carbocycles. The molecule has 2 rings (SSSR count). The van der Waals surface area contributed by atoms with Gasteiger partial charge in [-0.25, -0.2) is 0 Å². The van der Waals surface area contributed by atoms with E-state index in [4.69, 9.17) is 15.2 Å². The summed E-state index contributed by atoms with van der Waals surface area (Å²) in [6.45, 7) is 1.05. The van der Waals surface area contributed by atoms with Crippen molar-refractivity contribution in [2.24, 2.45) is 0 Å². The molecule has 1 heterocycles. The number of hydrogen-bond donors (Lipinski definition) is 1. The number of rotatable bonds is 5. The molecular formula is C11H13N3O2S. The minimum absolute atomic E-state index is 0.451. The maximum Gasteiger partial charge on any atom is 0.203 e. The number of hydrogen-bond acceptors (Lipinski definition) is 6. The summed E-state index contributed by atoms with van der Waals surface area (Å²) in [4.78, 5) is 0. The molecule has 1 aromatic carbocycles. The zero-order valence-corrected chi connectivity index (χ0v) is 10.2. The van der Waals surface area contributed by atoms with Gasteiger partial charge >= 0.3 is 0 Å². The van der Waals surface area contributed by atoms with Gasteiger partial charge in [0.25, 0.3) is 0 Å². The molecule has 5 nitrogen and oxygen atoms in total. The smallest absolute Gasteiger partial charge is 0.203 e. The van der Waals surface area contributed by atoms with Gasteiger partial charge in [0.2, 0.25) is 5.13 Å². The number of nitrogens with zero attached hydrogens (tertiary/aromatic N) is 2. The van der Waals surface area contributed by atoms with Crippen molar-refractivity contribution in [1.29, 1.82) is 0 Å². The molecule has 0 spiro atoms. The Morgan fingerprint density at radius 1 is 1.24 bits per heavy atom. The quantitative estimate of drug-likeness (QED) is 0.821. The van der Waals surface area contributed by atoms with Crippen LogP contribution in [0.15, 0.2) is 24.3 Å². The third kappa shape index (κ3) is 2.92. The predicted molar refractivity (Wildman–Crippen MR) is 67.1 cm³/mol. The van der Waals surface area contributed by atoms with Crippen molar-refractivity contribution >= 4 is 16.5 Å². The van der Waals surface area contributed by atoms with Crippen molar-refractivity contribution in [2.45, 2.75) is 0 Å². The van der Waals surface area contributed by atoms with Gasteiger partial charge in [-0.1, -0.05) is 23.5 Å². The molecule has 0 saturated heterocycles. The molecule has 90 valence electrons. The largest absolute Gasteiger partial charge is 0.490 e. The molecular weight excluding hydrogens is 238 g/mol. The SMILES string of the molecule is COCCOc1ccccc1-c1nnc(N)s1. The van der Waals surface area contributed by atoms with Crippen molar-refractivity contribution in [3.05, 3.63) is 24.3 Å². The van der Waals surface area contributed by atoms with Crippen LogP contribution in [0.2, 0.25) is 0 Å². The topological polar surface area (TPSA) is 70.3 Å². The lowest BCUT2D eigenvalue weighted by Crippen LogP contribution is -2.04. The highest BCUT2D eigenvalue weighted by molar-refractivity contribution is 7.18. The van der Waals surface area contributed by atoms with Gasteiger partial charge in [-0.15, -0.1) is 10.2 Å². The van der Waals surface area contributed by atoms with Crippen LogP contribution in [0.25, 0.3) is 10.6 Å². The molecule has 0 aliphatic carbocycles. The van der Waals surface area contributed by atoms with E-state index in [0.29, 0.717) is 18.3 Å². The summed E-state index contributed by atoms with van der Waals surface area (Å²) in [5.74, 6) is 0.765. The summed E-state index contributed by atoms with van der Waals surface area (Å²) in [6.07, 6.45) is 0. The van der Waals surface area contributed by atoms with Gasteiger partial charge in [-0.3, -0.25) is 0 Å². The van der Waals surface area contributed by atoms with Crippen LogP contribution < -0.4 is 10.5 Å². The molecule has 0 radical (unpaired) electrons. The predicted octanol–water partition coefficient (Wildman–Crippen LogP) is 1.81. The maximum absolute atomic E-state index is 5.61. The maximum atomic E-state index is 5.61. The van der Waals surface area contributed by atoms with Gasteiger partial charge in [0.05, 0.1) is 12.2 Å². The molecule has 0 aliphatic rings. The molecule has 0 unspecified atom stereocenters. The Bertz CT molecular complexity index is 487.